The Labute approximate surface area is 168 Å². The minimum atomic E-state index is 0.0148. The van der Waals surface area contributed by atoms with Gasteiger partial charge in [-0.3, -0.25) is 4.79 Å². The van der Waals surface area contributed by atoms with Gasteiger partial charge in [0.1, 0.15) is 6.61 Å². The molecule has 2 heteroatoms. The molecule has 0 aliphatic heterocycles. The second-order valence-corrected chi connectivity index (χ2v) is 7.90. The number of carbonyl (C=O) groups is 1. The molecule has 0 spiro atoms. The quantitative estimate of drug-likeness (QED) is 0.205. The van der Waals surface area contributed by atoms with Crippen molar-refractivity contribution in [1.82, 2.24) is 0 Å². The number of benzene rings is 1. The highest BCUT2D eigenvalue weighted by atomic mass is 16.5. The molecule has 1 aromatic rings. The summed E-state index contributed by atoms with van der Waals surface area (Å²) >= 11 is 0. The molecule has 0 aliphatic carbocycles. The third kappa shape index (κ3) is 12.7. The third-order valence-electron chi connectivity index (χ3n) is 5.37. The highest BCUT2D eigenvalue weighted by Gasteiger charge is 2.19. The van der Waals surface area contributed by atoms with Crippen LogP contribution in [0.25, 0.3) is 0 Å². The van der Waals surface area contributed by atoms with Crippen molar-refractivity contribution in [3.8, 4) is 0 Å². The van der Waals surface area contributed by atoms with Gasteiger partial charge in [-0.05, 0) is 18.4 Å². The van der Waals surface area contributed by atoms with E-state index in [1.165, 1.54) is 64.2 Å². The Bertz CT molecular complexity index is 439. The van der Waals surface area contributed by atoms with Gasteiger partial charge < -0.3 is 4.74 Å². The van der Waals surface area contributed by atoms with E-state index in [-0.39, 0.29) is 11.9 Å². The molecule has 27 heavy (non-hydrogen) atoms. The number of hydrogen-bond acceptors (Lipinski definition) is 2. The van der Waals surface area contributed by atoms with Crippen molar-refractivity contribution in [2.24, 2.45) is 5.92 Å². The lowest BCUT2D eigenvalue weighted by atomic mass is 9.94. The molecule has 0 amide bonds. The van der Waals surface area contributed by atoms with Crippen molar-refractivity contribution >= 4 is 5.97 Å². The molecule has 1 aromatic carbocycles. The number of ether oxygens (including phenoxy) is 1. The molecule has 1 rings (SSSR count). The number of unbranched alkanes of at least 4 members (excludes halogenated alkanes) is 10. The van der Waals surface area contributed by atoms with Gasteiger partial charge in [-0.15, -0.1) is 0 Å². The maximum Gasteiger partial charge on any atom is 0.309 e. The lowest BCUT2D eigenvalue weighted by Gasteiger charge is -2.16. The summed E-state index contributed by atoms with van der Waals surface area (Å²) in [5.74, 6) is 0.104. The molecular weight excluding hydrogens is 332 g/mol. The Balaban J connectivity index is 2.34. The molecule has 154 valence electrons. The maximum absolute atomic E-state index is 12.6. The summed E-state index contributed by atoms with van der Waals surface area (Å²) in [5, 5.41) is 0. The number of carbonyl (C=O) groups excluding carboxylic acids is 1. The molecule has 0 unspecified atom stereocenters. The van der Waals surface area contributed by atoms with Gasteiger partial charge in [0.05, 0.1) is 5.92 Å². The highest BCUT2D eigenvalue weighted by molar-refractivity contribution is 5.72. The van der Waals surface area contributed by atoms with Crippen molar-refractivity contribution in [2.45, 2.75) is 110 Å². The van der Waals surface area contributed by atoms with E-state index in [1.807, 2.05) is 30.3 Å². The lowest BCUT2D eigenvalue weighted by Crippen LogP contribution is -2.18. The van der Waals surface area contributed by atoms with Crippen LogP contribution >= 0.6 is 0 Å². The van der Waals surface area contributed by atoms with Gasteiger partial charge in [0.25, 0.3) is 0 Å². The van der Waals surface area contributed by atoms with Crippen LogP contribution < -0.4 is 0 Å². The molecule has 0 bridgehead atoms. The van der Waals surface area contributed by atoms with Gasteiger partial charge in [0, 0.05) is 0 Å². The molecule has 2 nitrogen and oxygen atoms in total. The van der Waals surface area contributed by atoms with E-state index in [4.69, 9.17) is 4.74 Å². The monoisotopic (exact) mass is 374 g/mol. The van der Waals surface area contributed by atoms with Crippen molar-refractivity contribution in [3.63, 3.8) is 0 Å². The smallest absolute Gasteiger partial charge is 0.309 e. The van der Waals surface area contributed by atoms with E-state index in [0.717, 1.165) is 31.2 Å². The van der Waals surface area contributed by atoms with Crippen LogP contribution in [-0.2, 0) is 16.1 Å². The number of esters is 1. The van der Waals surface area contributed by atoms with E-state index in [2.05, 4.69) is 13.8 Å². The Hall–Kier alpha value is -1.31. The molecular formula is C25H42O2. The first-order chi connectivity index (χ1) is 13.3. The average molecular weight is 375 g/mol. The molecule has 0 aromatic heterocycles. The fourth-order valence-electron chi connectivity index (χ4n) is 3.57. The summed E-state index contributed by atoms with van der Waals surface area (Å²) in [7, 11) is 0. The summed E-state index contributed by atoms with van der Waals surface area (Å²) in [6.07, 6.45) is 17.3. The average Bonchev–Trinajstić information content (AvgIpc) is 2.70. The van der Waals surface area contributed by atoms with Crippen LogP contribution in [0.3, 0.4) is 0 Å². The standard InChI is InChI=1S/C25H42O2/c1-3-5-7-9-11-16-20-24(21-17-12-10-8-6-4-2)25(26)27-22-23-18-14-13-15-19-23/h13-15,18-19,24H,3-12,16-17,20-22H2,1-2H3. The van der Waals surface area contributed by atoms with Crippen LogP contribution in [0.4, 0.5) is 0 Å². The molecule has 0 N–H and O–H groups in total. The van der Waals surface area contributed by atoms with Crippen molar-refractivity contribution in [2.75, 3.05) is 0 Å². The van der Waals surface area contributed by atoms with Gasteiger partial charge in [-0.2, -0.15) is 0 Å². The van der Waals surface area contributed by atoms with Crippen molar-refractivity contribution in [3.05, 3.63) is 35.9 Å². The van der Waals surface area contributed by atoms with E-state index in [9.17, 15) is 4.79 Å². The molecule has 0 heterocycles. The molecule has 0 saturated carbocycles. The Morgan fingerprint density at radius 3 is 1.74 bits per heavy atom. The van der Waals surface area contributed by atoms with Crippen molar-refractivity contribution < 1.29 is 9.53 Å². The predicted molar refractivity (Wildman–Crippen MR) is 116 cm³/mol. The molecule has 0 saturated heterocycles. The van der Waals surface area contributed by atoms with Crippen LogP contribution in [-0.4, -0.2) is 5.97 Å². The number of hydrogen-bond donors (Lipinski definition) is 0. The van der Waals surface area contributed by atoms with E-state index < -0.39 is 0 Å². The zero-order chi connectivity index (χ0) is 19.6. The normalized spacial score (nSPS) is 11.1. The van der Waals surface area contributed by atoms with Gasteiger partial charge in [0.2, 0.25) is 0 Å². The Kier molecular flexibility index (Phi) is 14.8. The largest absolute Gasteiger partial charge is 0.461 e. The SMILES string of the molecule is CCCCCCCCC(CCCCCCCC)C(=O)OCc1ccccc1. The van der Waals surface area contributed by atoms with Crippen LogP contribution in [0.1, 0.15) is 109 Å². The van der Waals surface area contributed by atoms with E-state index >= 15 is 0 Å². The first kappa shape index (κ1) is 23.7. The molecule has 0 atom stereocenters. The van der Waals surface area contributed by atoms with Crippen LogP contribution in [0.5, 0.6) is 0 Å². The summed E-state index contributed by atoms with van der Waals surface area (Å²) in [6, 6.07) is 10.0. The van der Waals surface area contributed by atoms with Gasteiger partial charge in [-0.1, -0.05) is 121 Å². The zero-order valence-corrected chi connectivity index (χ0v) is 17.9. The first-order valence-electron chi connectivity index (χ1n) is 11.5. The zero-order valence-electron chi connectivity index (χ0n) is 17.9. The maximum atomic E-state index is 12.6. The first-order valence-corrected chi connectivity index (χ1v) is 11.5. The predicted octanol–water partition coefficient (Wildman–Crippen LogP) is 7.85. The molecule has 0 fully saturated rings. The molecule has 0 radical (unpaired) electrons. The van der Waals surface area contributed by atoms with E-state index in [1.54, 1.807) is 0 Å². The Morgan fingerprint density at radius 2 is 1.22 bits per heavy atom. The fourth-order valence-corrected chi connectivity index (χ4v) is 3.57. The second kappa shape index (κ2) is 16.8. The summed E-state index contributed by atoms with van der Waals surface area (Å²) in [6.45, 7) is 4.90. The Morgan fingerprint density at radius 1 is 0.741 bits per heavy atom. The number of rotatable bonds is 17. The summed E-state index contributed by atoms with van der Waals surface area (Å²) < 4.78 is 5.64. The van der Waals surface area contributed by atoms with Gasteiger partial charge in [0.15, 0.2) is 0 Å². The summed E-state index contributed by atoms with van der Waals surface area (Å²) in [5.41, 5.74) is 1.07. The van der Waals surface area contributed by atoms with Crippen LogP contribution in [0.15, 0.2) is 30.3 Å². The summed E-state index contributed by atoms with van der Waals surface area (Å²) in [4.78, 5) is 12.6. The van der Waals surface area contributed by atoms with E-state index in [0.29, 0.717) is 6.61 Å². The highest BCUT2D eigenvalue weighted by Crippen LogP contribution is 2.21. The topological polar surface area (TPSA) is 26.3 Å². The van der Waals surface area contributed by atoms with Gasteiger partial charge >= 0.3 is 5.97 Å². The van der Waals surface area contributed by atoms with Crippen LogP contribution in [0, 0.1) is 5.92 Å². The van der Waals surface area contributed by atoms with Crippen molar-refractivity contribution in [1.29, 1.82) is 0 Å². The minimum absolute atomic E-state index is 0.0148. The lowest BCUT2D eigenvalue weighted by molar-refractivity contribution is -0.150. The minimum Gasteiger partial charge on any atom is -0.461 e. The van der Waals surface area contributed by atoms with Gasteiger partial charge in [-0.25, -0.2) is 0 Å². The van der Waals surface area contributed by atoms with Crippen LogP contribution in [0.2, 0.25) is 0 Å². The fraction of sp³-hybridized carbons (Fsp3) is 0.720. The second-order valence-electron chi connectivity index (χ2n) is 7.90. The third-order valence-corrected chi connectivity index (χ3v) is 5.37. The molecule has 0 aliphatic rings.